The van der Waals surface area contributed by atoms with E-state index in [1.807, 2.05) is 13.8 Å². The molecule has 0 aliphatic rings. The van der Waals surface area contributed by atoms with Crippen LogP contribution < -0.4 is 10.6 Å². The number of halogens is 1. The highest BCUT2D eigenvalue weighted by Gasteiger charge is 2.14. The molecule has 1 heterocycles. The van der Waals surface area contributed by atoms with E-state index in [4.69, 9.17) is 11.6 Å². The number of aromatic nitrogens is 2. The summed E-state index contributed by atoms with van der Waals surface area (Å²) in [7, 11) is 0. The van der Waals surface area contributed by atoms with E-state index in [9.17, 15) is 9.59 Å². The third kappa shape index (κ3) is 3.77. The van der Waals surface area contributed by atoms with Crippen molar-refractivity contribution in [1.82, 2.24) is 15.5 Å². The standard InChI is InChI=1S/C13H13ClN4O2S/c1-3-15-10(19)8-4-5-9(7(2)6-8)16-11(20)12-17-18-13(14)21-12/h4-6H,3H2,1-2H3,(H,15,19)(H,16,20). The Bertz CT molecular complexity index is 687. The zero-order chi connectivity index (χ0) is 15.4. The number of anilines is 1. The minimum Gasteiger partial charge on any atom is -0.352 e. The Hall–Kier alpha value is -1.99. The third-order valence-electron chi connectivity index (χ3n) is 2.67. The summed E-state index contributed by atoms with van der Waals surface area (Å²) in [4.78, 5) is 23.7. The number of nitrogens with zero attached hydrogens (tertiary/aromatic N) is 2. The van der Waals surface area contributed by atoms with Gasteiger partial charge in [0.25, 0.3) is 11.8 Å². The molecule has 2 amide bonds. The van der Waals surface area contributed by atoms with Crippen LogP contribution in [-0.4, -0.2) is 28.6 Å². The van der Waals surface area contributed by atoms with Gasteiger partial charge in [0, 0.05) is 17.8 Å². The lowest BCUT2D eigenvalue weighted by atomic mass is 10.1. The molecule has 0 saturated carbocycles. The van der Waals surface area contributed by atoms with Crippen molar-refractivity contribution in [3.63, 3.8) is 0 Å². The van der Waals surface area contributed by atoms with Crippen LogP contribution in [0.2, 0.25) is 4.47 Å². The Labute approximate surface area is 130 Å². The average molecular weight is 325 g/mol. The number of carbonyl (C=O) groups excluding carboxylic acids is 2. The number of benzene rings is 1. The molecule has 0 aliphatic heterocycles. The van der Waals surface area contributed by atoms with Gasteiger partial charge in [0.2, 0.25) is 9.47 Å². The van der Waals surface area contributed by atoms with Crippen molar-refractivity contribution in [3.05, 3.63) is 38.8 Å². The monoisotopic (exact) mass is 324 g/mol. The number of aryl methyl sites for hydroxylation is 1. The van der Waals surface area contributed by atoms with Gasteiger partial charge in [-0.2, -0.15) is 0 Å². The van der Waals surface area contributed by atoms with Crippen LogP contribution >= 0.6 is 22.9 Å². The van der Waals surface area contributed by atoms with Gasteiger partial charge in [-0.1, -0.05) is 11.3 Å². The second kappa shape index (κ2) is 6.64. The van der Waals surface area contributed by atoms with Crippen LogP contribution in [0.4, 0.5) is 5.69 Å². The first-order chi connectivity index (χ1) is 10.0. The summed E-state index contributed by atoms with van der Waals surface area (Å²) in [5, 5.41) is 12.9. The summed E-state index contributed by atoms with van der Waals surface area (Å²) >= 11 is 6.65. The van der Waals surface area contributed by atoms with Gasteiger partial charge in [-0.05, 0) is 49.2 Å². The summed E-state index contributed by atoms with van der Waals surface area (Å²) in [6.45, 7) is 4.23. The normalized spacial score (nSPS) is 10.2. The van der Waals surface area contributed by atoms with E-state index in [1.165, 1.54) is 0 Å². The molecular formula is C13H13ClN4O2S. The van der Waals surface area contributed by atoms with Crippen molar-refractivity contribution < 1.29 is 9.59 Å². The van der Waals surface area contributed by atoms with Crippen LogP contribution in [0, 0.1) is 6.92 Å². The highest BCUT2D eigenvalue weighted by atomic mass is 35.5. The van der Waals surface area contributed by atoms with Gasteiger partial charge < -0.3 is 10.6 Å². The summed E-state index contributed by atoms with van der Waals surface area (Å²) in [5.41, 5.74) is 1.94. The summed E-state index contributed by atoms with van der Waals surface area (Å²) in [6.07, 6.45) is 0. The fourth-order valence-electron chi connectivity index (χ4n) is 1.68. The maximum absolute atomic E-state index is 12.0. The van der Waals surface area contributed by atoms with Crippen molar-refractivity contribution in [2.24, 2.45) is 0 Å². The molecule has 0 unspecified atom stereocenters. The van der Waals surface area contributed by atoms with Gasteiger partial charge in [0.15, 0.2) is 0 Å². The van der Waals surface area contributed by atoms with Crippen molar-refractivity contribution >= 4 is 40.4 Å². The predicted octanol–water partition coefficient (Wildman–Crippen LogP) is 2.50. The summed E-state index contributed by atoms with van der Waals surface area (Å²) in [6, 6.07) is 5.05. The average Bonchev–Trinajstić information content (AvgIpc) is 2.88. The minimum atomic E-state index is -0.381. The molecule has 6 nitrogen and oxygen atoms in total. The Morgan fingerprint density at radius 2 is 2.05 bits per heavy atom. The van der Waals surface area contributed by atoms with Gasteiger partial charge in [-0.3, -0.25) is 9.59 Å². The lowest BCUT2D eigenvalue weighted by molar-refractivity contribution is 0.0955. The molecule has 1 aromatic carbocycles. The Balaban J connectivity index is 2.14. The van der Waals surface area contributed by atoms with Crippen LogP contribution in [0.15, 0.2) is 18.2 Å². The van der Waals surface area contributed by atoms with Crippen LogP contribution in [-0.2, 0) is 0 Å². The molecule has 0 aliphatic carbocycles. The first-order valence-corrected chi connectivity index (χ1v) is 7.40. The van der Waals surface area contributed by atoms with Gasteiger partial charge >= 0.3 is 0 Å². The van der Waals surface area contributed by atoms with Crippen molar-refractivity contribution in [3.8, 4) is 0 Å². The molecule has 0 atom stereocenters. The molecule has 0 saturated heterocycles. The van der Waals surface area contributed by atoms with Gasteiger partial charge in [0.05, 0.1) is 0 Å². The largest absolute Gasteiger partial charge is 0.352 e. The van der Waals surface area contributed by atoms with Gasteiger partial charge in [-0.25, -0.2) is 0 Å². The molecule has 0 fully saturated rings. The molecule has 0 bridgehead atoms. The van der Waals surface area contributed by atoms with Crippen molar-refractivity contribution in [2.75, 3.05) is 11.9 Å². The first kappa shape index (κ1) is 15.4. The highest BCUT2D eigenvalue weighted by Crippen LogP contribution is 2.20. The molecular weight excluding hydrogens is 312 g/mol. The first-order valence-electron chi connectivity index (χ1n) is 6.20. The molecule has 2 rings (SSSR count). The van der Waals surface area contributed by atoms with E-state index in [-0.39, 0.29) is 21.3 Å². The van der Waals surface area contributed by atoms with Crippen molar-refractivity contribution in [2.45, 2.75) is 13.8 Å². The maximum Gasteiger partial charge on any atom is 0.286 e. The topological polar surface area (TPSA) is 84.0 Å². The van der Waals surface area contributed by atoms with Gasteiger partial charge in [0.1, 0.15) is 0 Å². The maximum atomic E-state index is 12.0. The lowest BCUT2D eigenvalue weighted by Gasteiger charge is -2.09. The Morgan fingerprint density at radius 3 is 2.62 bits per heavy atom. The van der Waals surface area contributed by atoms with E-state index < -0.39 is 0 Å². The molecule has 21 heavy (non-hydrogen) atoms. The Morgan fingerprint density at radius 1 is 1.29 bits per heavy atom. The molecule has 1 aromatic heterocycles. The molecule has 2 aromatic rings. The van der Waals surface area contributed by atoms with E-state index >= 15 is 0 Å². The fourth-order valence-corrected chi connectivity index (χ4v) is 2.40. The fraction of sp³-hybridized carbons (Fsp3) is 0.231. The minimum absolute atomic E-state index is 0.144. The zero-order valence-electron chi connectivity index (χ0n) is 11.4. The highest BCUT2D eigenvalue weighted by molar-refractivity contribution is 7.17. The van der Waals surface area contributed by atoms with E-state index in [1.54, 1.807) is 18.2 Å². The zero-order valence-corrected chi connectivity index (χ0v) is 13.0. The number of carbonyl (C=O) groups is 2. The van der Waals surface area contributed by atoms with E-state index in [2.05, 4.69) is 20.8 Å². The number of rotatable bonds is 4. The van der Waals surface area contributed by atoms with Crippen LogP contribution in [0.25, 0.3) is 0 Å². The molecule has 2 N–H and O–H groups in total. The number of amides is 2. The number of nitrogens with one attached hydrogen (secondary N) is 2. The summed E-state index contributed by atoms with van der Waals surface area (Å²) < 4.78 is 0.212. The quantitative estimate of drug-likeness (QED) is 0.905. The molecule has 8 heteroatoms. The van der Waals surface area contributed by atoms with Crippen LogP contribution in [0.5, 0.6) is 0 Å². The second-order valence-electron chi connectivity index (χ2n) is 4.20. The molecule has 0 spiro atoms. The van der Waals surface area contributed by atoms with E-state index in [0.717, 1.165) is 16.9 Å². The molecule has 0 radical (unpaired) electrons. The number of hydrogen-bond donors (Lipinski definition) is 2. The second-order valence-corrected chi connectivity index (χ2v) is 5.76. The smallest absolute Gasteiger partial charge is 0.286 e. The third-order valence-corrected chi connectivity index (χ3v) is 3.69. The summed E-state index contributed by atoms with van der Waals surface area (Å²) in [5.74, 6) is -0.525. The lowest BCUT2D eigenvalue weighted by Crippen LogP contribution is -2.22. The van der Waals surface area contributed by atoms with E-state index in [0.29, 0.717) is 17.8 Å². The molecule has 110 valence electrons. The van der Waals surface area contributed by atoms with Crippen LogP contribution in [0.3, 0.4) is 0 Å². The SMILES string of the molecule is CCNC(=O)c1ccc(NC(=O)c2nnc(Cl)s2)c(C)c1. The van der Waals surface area contributed by atoms with Gasteiger partial charge in [-0.15, -0.1) is 10.2 Å². The predicted molar refractivity (Wildman–Crippen MR) is 82.1 cm³/mol. The number of hydrogen-bond acceptors (Lipinski definition) is 5. The van der Waals surface area contributed by atoms with Crippen molar-refractivity contribution in [1.29, 1.82) is 0 Å². The van der Waals surface area contributed by atoms with Crippen LogP contribution in [0.1, 0.15) is 32.6 Å². The Kier molecular flexibility index (Phi) is 4.87.